The Labute approximate surface area is 162 Å². The maximum absolute atomic E-state index is 8.98. The Kier molecular flexibility index (Phi) is 7.27. The number of nitrogens with zero attached hydrogens (tertiary/aromatic N) is 2. The summed E-state index contributed by atoms with van der Waals surface area (Å²) < 4.78 is 5.90. The predicted molar refractivity (Wildman–Crippen MR) is 108 cm³/mol. The van der Waals surface area contributed by atoms with Gasteiger partial charge in [-0.25, -0.2) is 0 Å². The summed E-state index contributed by atoms with van der Waals surface area (Å²) in [6, 6.07) is 18.0. The number of hydrogen-bond acceptors (Lipinski definition) is 4. The molecule has 1 aliphatic rings. The molecule has 142 valence electrons. The minimum atomic E-state index is 0.475. The Morgan fingerprint density at radius 3 is 2.70 bits per heavy atom. The van der Waals surface area contributed by atoms with Gasteiger partial charge in [0.2, 0.25) is 0 Å². The molecule has 1 saturated heterocycles. The van der Waals surface area contributed by atoms with Crippen molar-refractivity contribution < 1.29 is 4.74 Å². The van der Waals surface area contributed by atoms with E-state index in [2.05, 4.69) is 35.5 Å². The van der Waals surface area contributed by atoms with Gasteiger partial charge in [-0.05, 0) is 87.3 Å². The number of rotatable bonds is 8. The van der Waals surface area contributed by atoms with Gasteiger partial charge in [0.15, 0.2) is 0 Å². The molecule has 4 heteroatoms. The fourth-order valence-corrected chi connectivity index (χ4v) is 3.53. The highest BCUT2D eigenvalue weighted by Gasteiger charge is 2.15. The highest BCUT2D eigenvalue weighted by molar-refractivity contribution is 5.33. The van der Waals surface area contributed by atoms with Crippen LogP contribution in [0, 0.1) is 17.2 Å². The van der Waals surface area contributed by atoms with E-state index in [1.807, 2.05) is 30.3 Å². The molecule has 0 amide bonds. The van der Waals surface area contributed by atoms with E-state index >= 15 is 0 Å². The van der Waals surface area contributed by atoms with Crippen molar-refractivity contribution in [2.45, 2.75) is 32.4 Å². The number of hydrogen-bond donors (Lipinski definition) is 1. The lowest BCUT2D eigenvalue weighted by Gasteiger charge is -2.28. The van der Waals surface area contributed by atoms with E-state index in [4.69, 9.17) is 10.00 Å². The first-order valence-corrected chi connectivity index (χ1v) is 9.83. The van der Waals surface area contributed by atoms with Crippen LogP contribution in [0.1, 0.15) is 36.0 Å². The van der Waals surface area contributed by atoms with Crippen molar-refractivity contribution in [2.75, 3.05) is 26.7 Å². The molecule has 0 bridgehead atoms. The zero-order valence-corrected chi connectivity index (χ0v) is 16.2. The Morgan fingerprint density at radius 2 is 1.89 bits per heavy atom. The van der Waals surface area contributed by atoms with E-state index in [0.717, 1.165) is 30.3 Å². The third kappa shape index (κ3) is 6.39. The average molecular weight is 364 g/mol. The average Bonchev–Trinajstić information content (AvgIpc) is 2.71. The highest BCUT2D eigenvalue weighted by atomic mass is 16.5. The summed E-state index contributed by atoms with van der Waals surface area (Å²) in [6.07, 6.45) is 3.92. The van der Waals surface area contributed by atoms with Gasteiger partial charge < -0.3 is 15.0 Å². The van der Waals surface area contributed by atoms with Gasteiger partial charge in [0.1, 0.15) is 12.4 Å². The van der Waals surface area contributed by atoms with Crippen molar-refractivity contribution in [1.82, 2.24) is 10.2 Å². The molecular weight excluding hydrogens is 334 g/mol. The Bertz CT molecular complexity index is 760. The second-order valence-electron chi connectivity index (χ2n) is 7.46. The van der Waals surface area contributed by atoms with E-state index in [0.29, 0.717) is 12.2 Å². The topological polar surface area (TPSA) is 48.3 Å². The van der Waals surface area contributed by atoms with Crippen molar-refractivity contribution in [3.8, 4) is 11.8 Å². The van der Waals surface area contributed by atoms with Crippen LogP contribution in [0.15, 0.2) is 48.5 Å². The third-order valence-electron chi connectivity index (χ3n) is 5.26. The van der Waals surface area contributed by atoms with Gasteiger partial charge in [-0.2, -0.15) is 5.26 Å². The van der Waals surface area contributed by atoms with E-state index in [9.17, 15) is 0 Å². The van der Waals surface area contributed by atoms with E-state index < -0.39 is 0 Å². The first-order valence-electron chi connectivity index (χ1n) is 9.83. The number of ether oxygens (including phenoxy) is 1. The van der Waals surface area contributed by atoms with Crippen LogP contribution in [0.25, 0.3) is 0 Å². The molecule has 0 spiro atoms. The molecule has 0 radical (unpaired) electrons. The number of benzene rings is 2. The van der Waals surface area contributed by atoms with Gasteiger partial charge >= 0.3 is 0 Å². The summed E-state index contributed by atoms with van der Waals surface area (Å²) >= 11 is 0. The molecule has 0 atom stereocenters. The lowest BCUT2D eigenvalue weighted by Crippen LogP contribution is -2.31. The summed E-state index contributed by atoms with van der Waals surface area (Å²) in [6.45, 7) is 4.89. The van der Waals surface area contributed by atoms with Crippen molar-refractivity contribution >= 4 is 0 Å². The molecule has 0 aromatic heterocycles. The number of nitrogens with one attached hydrogen (secondary N) is 1. The van der Waals surface area contributed by atoms with Crippen molar-refractivity contribution in [2.24, 2.45) is 5.92 Å². The third-order valence-corrected chi connectivity index (χ3v) is 5.26. The maximum Gasteiger partial charge on any atom is 0.120 e. The summed E-state index contributed by atoms with van der Waals surface area (Å²) in [5.74, 6) is 1.74. The molecule has 0 aliphatic carbocycles. The van der Waals surface area contributed by atoms with Gasteiger partial charge in [-0.15, -0.1) is 0 Å². The lowest BCUT2D eigenvalue weighted by molar-refractivity contribution is 0.211. The zero-order valence-electron chi connectivity index (χ0n) is 16.2. The molecule has 27 heavy (non-hydrogen) atoms. The predicted octanol–water partition coefficient (Wildman–Crippen LogP) is 3.96. The molecule has 0 unspecified atom stereocenters. The molecular formula is C23H29N3O. The van der Waals surface area contributed by atoms with Crippen molar-refractivity contribution in [1.29, 1.82) is 5.26 Å². The monoisotopic (exact) mass is 363 g/mol. The number of piperidine rings is 1. The second kappa shape index (κ2) is 10.1. The maximum atomic E-state index is 8.98. The first kappa shape index (κ1) is 19.4. The smallest absolute Gasteiger partial charge is 0.120 e. The molecule has 1 fully saturated rings. The molecule has 0 saturated carbocycles. The molecule has 1 aliphatic heterocycles. The first-order chi connectivity index (χ1) is 13.2. The van der Waals surface area contributed by atoms with Gasteiger partial charge in [-0.1, -0.05) is 24.3 Å². The van der Waals surface area contributed by atoms with E-state index in [1.165, 1.54) is 37.9 Å². The van der Waals surface area contributed by atoms with Crippen LogP contribution < -0.4 is 10.1 Å². The minimum Gasteiger partial charge on any atom is -0.489 e. The van der Waals surface area contributed by atoms with Crippen LogP contribution in [0.3, 0.4) is 0 Å². The summed E-state index contributed by atoms with van der Waals surface area (Å²) in [5.41, 5.74) is 2.91. The molecule has 2 aromatic rings. The fourth-order valence-electron chi connectivity index (χ4n) is 3.53. The van der Waals surface area contributed by atoms with E-state index in [1.54, 1.807) is 6.07 Å². The van der Waals surface area contributed by atoms with E-state index in [-0.39, 0.29) is 0 Å². The second-order valence-corrected chi connectivity index (χ2v) is 7.46. The molecule has 2 aromatic carbocycles. The van der Waals surface area contributed by atoms with Gasteiger partial charge in [-0.3, -0.25) is 0 Å². The Balaban J connectivity index is 1.41. The number of nitriles is 1. The van der Waals surface area contributed by atoms with Crippen LogP contribution >= 0.6 is 0 Å². The molecule has 3 rings (SSSR count). The standard InChI is InChI=1S/C23H29N3O/c1-26-12-9-19(10-13-26)8-11-25-17-21-5-3-7-23(15-21)27-18-22-6-2-4-20(14-22)16-24/h2-7,14-15,19,25H,8-13,17-18H2,1H3. The number of likely N-dealkylation sites (tertiary alicyclic amines) is 1. The lowest BCUT2D eigenvalue weighted by atomic mass is 9.94. The Morgan fingerprint density at radius 1 is 1.11 bits per heavy atom. The SMILES string of the molecule is CN1CCC(CCNCc2cccc(OCc3cccc(C#N)c3)c2)CC1. The van der Waals surface area contributed by atoms with Gasteiger partial charge in [0.25, 0.3) is 0 Å². The van der Waals surface area contributed by atoms with Crippen molar-refractivity contribution in [3.63, 3.8) is 0 Å². The van der Waals surface area contributed by atoms with Gasteiger partial charge in [0, 0.05) is 6.54 Å². The van der Waals surface area contributed by atoms with Crippen LogP contribution in [0.4, 0.5) is 0 Å². The summed E-state index contributed by atoms with van der Waals surface area (Å²) in [4.78, 5) is 2.42. The van der Waals surface area contributed by atoms with Crippen LogP contribution in [-0.4, -0.2) is 31.6 Å². The van der Waals surface area contributed by atoms with Crippen LogP contribution in [-0.2, 0) is 13.2 Å². The summed E-state index contributed by atoms with van der Waals surface area (Å²) in [5, 5.41) is 12.6. The van der Waals surface area contributed by atoms with Crippen LogP contribution in [0.5, 0.6) is 5.75 Å². The molecule has 1 N–H and O–H groups in total. The minimum absolute atomic E-state index is 0.475. The quantitative estimate of drug-likeness (QED) is 0.721. The molecule has 4 nitrogen and oxygen atoms in total. The van der Waals surface area contributed by atoms with Crippen molar-refractivity contribution in [3.05, 3.63) is 65.2 Å². The fraction of sp³-hybridized carbons (Fsp3) is 0.435. The van der Waals surface area contributed by atoms with Crippen LogP contribution in [0.2, 0.25) is 0 Å². The normalized spacial score (nSPS) is 15.4. The highest BCUT2D eigenvalue weighted by Crippen LogP contribution is 2.19. The largest absolute Gasteiger partial charge is 0.489 e. The molecule has 1 heterocycles. The van der Waals surface area contributed by atoms with Gasteiger partial charge in [0.05, 0.1) is 11.6 Å². The summed E-state index contributed by atoms with van der Waals surface area (Å²) in [7, 11) is 2.21. The Hall–Kier alpha value is -2.35. The zero-order chi connectivity index (χ0) is 18.9.